The van der Waals surface area contributed by atoms with E-state index >= 15 is 0 Å². The van der Waals surface area contributed by atoms with Crippen LogP contribution in [0.5, 0.6) is 0 Å². The van der Waals surface area contributed by atoms with Gasteiger partial charge in [-0.15, -0.1) is 0 Å². The molecule has 5 nitrogen and oxygen atoms in total. The lowest BCUT2D eigenvalue weighted by molar-refractivity contribution is -0.139. The van der Waals surface area contributed by atoms with Crippen LogP contribution in [-0.4, -0.2) is 26.2 Å². The quantitative estimate of drug-likeness (QED) is 0.731. The van der Waals surface area contributed by atoms with Crippen molar-refractivity contribution in [1.82, 2.24) is 0 Å². The van der Waals surface area contributed by atoms with Gasteiger partial charge in [0.05, 0.1) is 37.9 Å². The SMILES string of the molecule is COC(=O)C1=C/CCCCC2=COC=C\C2=C\1C(=O)OC. The number of methoxy groups -OCH3 is 2. The summed E-state index contributed by atoms with van der Waals surface area (Å²) < 4.78 is 14.9. The maximum absolute atomic E-state index is 12.2. The van der Waals surface area contributed by atoms with E-state index in [1.807, 2.05) is 0 Å². The fraction of sp³-hybridized carbons (Fsp3) is 0.375. The van der Waals surface area contributed by atoms with Gasteiger partial charge in [-0.2, -0.15) is 0 Å². The van der Waals surface area contributed by atoms with E-state index in [1.165, 1.54) is 20.5 Å². The summed E-state index contributed by atoms with van der Waals surface area (Å²) in [6.45, 7) is 0. The van der Waals surface area contributed by atoms with E-state index < -0.39 is 11.9 Å². The fourth-order valence-electron chi connectivity index (χ4n) is 2.41. The molecule has 21 heavy (non-hydrogen) atoms. The molecule has 0 aromatic carbocycles. The van der Waals surface area contributed by atoms with E-state index in [-0.39, 0.29) is 11.1 Å². The van der Waals surface area contributed by atoms with Crippen LogP contribution < -0.4 is 0 Å². The number of ether oxygens (including phenoxy) is 3. The van der Waals surface area contributed by atoms with Crippen molar-refractivity contribution in [2.45, 2.75) is 25.7 Å². The molecule has 0 saturated heterocycles. The van der Waals surface area contributed by atoms with Crippen LogP contribution in [0.25, 0.3) is 0 Å². The molecule has 0 unspecified atom stereocenters. The Morgan fingerprint density at radius 3 is 2.62 bits per heavy atom. The largest absolute Gasteiger partial charge is 0.472 e. The Balaban J connectivity index is 2.63. The number of carbonyl (C=O) groups is 2. The van der Waals surface area contributed by atoms with Crippen molar-refractivity contribution in [3.63, 3.8) is 0 Å². The molecule has 0 saturated carbocycles. The molecule has 2 rings (SSSR count). The first-order valence-electron chi connectivity index (χ1n) is 6.82. The first-order valence-corrected chi connectivity index (χ1v) is 6.82. The van der Waals surface area contributed by atoms with Crippen molar-refractivity contribution in [1.29, 1.82) is 0 Å². The number of carbonyl (C=O) groups excluding carboxylic acids is 2. The summed E-state index contributed by atoms with van der Waals surface area (Å²) in [5, 5.41) is 0. The van der Waals surface area contributed by atoms with Crippen molar-refractivity contribution in [3.8, 4) is 0 Å². The third-order valence-electron chi connectivity index (χ3n) is 3.45. The van der Waals surface area contributed by atoms with E-state index in [9.17, 15) is 9.59 Å². The van der Waals surface area contributed by atoms with E-state index in [4.69, 9.17) is 14.2 Å². The van der Waals surface area contributed by atoms with Gasteiger partial charge in [0, 0.05) is 0 Å². The number of hydrogen-bond acceptors (Lipinski definition) is 5. The van der Waals surface area contributed by atoms with Gasteiger partial charge in [0.25, 0.3) is 0 Å². The van der Waals surface area contributed by atoms with Gasteiger partial charge < -0.3 is 14.2 Å². The predicted octanol–water partition coefficient (Wildman–Crippen LogP) is 2.56. The lowest BCUT2D eigenvalue weighted by atomic mass is 9.92. The summed E-state index contributed by atoms with van der Waals surface area (Å²) in [6.07, 6.45) is 9.88. The molecule has 0 aromatic heterocycles. The lowest BCUT2D eigenvalue weighted by Crippen LogP contribution is -2.18. The Hall–Kier alpha value is -2.30. The van der Waals surface area contributed by atoms with Crippen molar-refractivity contribution in [2.75, 3.05) is 14.2 Å². The average Bonchev–Trinajstić information content (AvgIpc) is 2.61. The molecule has 1 aliphatic heterocycles. The average molecular weight is 290 g/mol. The lowest BCUT2D eigenvalue weighted by Gasteiger charge is -2.17. The first-order chi connectivity index (χ1) is 10.2. The van der Waals surface area contributed by atoms with Gasteiger partial charge in [-0.25, -0.2) is 9.59 Å². The Kier molecular flexibility index (Phi) is 4.98. The normalized spacial score (nSPS) is 24.1. The summed E-state index contributed by atoms with van der Waals surface area (Å²) in [4.78, 5) is 24.2. The number of allylic oxidation sites excluding steroid dienone is 4. The topological polar surface area (TPSA) is 61.8 Å². The molecular formula is C16H18O5. The van der Waals surface area contributed by atoms with E-state index in [0.717, 1.165) is 24.8 Å². The fourth-order valence-corrected chi connectivity index (χ4v) is 2.41. The first kappa shape index (κ1) is 15.1. The Bertz CT molecular complexity index is 563. The number of esters is 2. The zero-order valence-corrected chi connectivity index (χ0v) is 12.2. The van der Waals surface area contributed by atoms with Crippen LogP contribution in [0.2, 0.25) is 0 Å². The summed E-state index contributed by atoms with van der Waals surface area (Å²) in [5.41, 5.74) is 2.03. The van der Waals surface area contributed by atoms with Gasteiger partial charge in [0.1, 0.15) is 0 Å². The second-order valence-electron chi connectivity index (χ2n) is 4.72. The zero-order chi connectivity index (χ0) is 15.2. The molecule has 2 aliphatic rings. The molecular weight excluding hydrogens is 272 g/mol. The smallest absolute Gasteiger partial charge is 0.339 e. The van der Waals surface area contributed by atoms with Gasteiger partial charge in [0.2, 0.25) is 0 Å². The van der Waals surface area contributed by atoms with Gasteiger partial charge >= 0.3 is 11.9 Å². The molecule has 0 fully saturated rings. The second kappa shape index (κ2) is 6.92. The summed E-state index contributed by atoms with van der Waals surface area (Å²) >= 11 is 0. The third kappa shape index (κ3) is 3.24. The molecule has 0 spiro atoms. The highest BCUT2D eigenvalue weighted by atomic mass is 16.5. The molecule has 0 bridgehead atoms. The van der Waals surface area contributed by atoms with Crippen LogP contribution in [0.1, 0.15) is 25.7 Å². The number of hydrogen-bond donors (Lipinski definition) is 0. The minimum Gasteiger partial charge on any atom is -0.472 e. The molecule has 0 N–H and O–H groups in total. The molecule has 5 heteroatoms. The van der Waals surface area contributed by atoms with Crippen LogP contribution in [-0.2, 0) is 23.8 Å². The minimum absolute atomic E-state index is 0.233. The highest BCUT2D eigenvalue weighted by Gasteiger charge is 2.28. The molecule has 0 aromatic rings. The summed E-state index contributed by atoms with van der Waals surface area (Å²) in [6, 6.07) is 0. The van der Waals surface area contributed by atoms with Crippen LogP contribution in [0.4, 0.5) is 0 Å². The summed E-state index contributed by atoms with van der Waals surface area (Å²) in [7, 11) is 2.59. The predicted molar refractivity (Wildman–Crippen MR) is 75.9 cm³/mol. The molecule has 0 amide bonds. The standard InChI is InChI=1S/C16H18O5/c1-19-15(17)13-7-5-3-4-6-11-10-21-9-8-12(11)14(13)16(18)20-2/h7-10H,3-6H2,1-2H3/b13-7+,14-12+. The van der Waals surface area contributed by atoms with Crippen molar-refractivity contribution < 1.29 is 23.8 Å². The van der Waals surface area contributed by atoms with Gasteiger partial charge in [-0.05, 0) is 42.9 Å². The molecule has 0 atom stereocenters. The van der Waals surface area contributed by atoms with Gasteiger partial charge in [0.15, 0.2) is 0 Å². The van der Waals surface area contributed by atoms with Crippen molar-refractivity contribution in [2.24, 2.45) is 0 Å². The Morgan fingerprint density at radius 1 is 1.14 bits per heavy atom. The molecule has 0 radical (unpaired) electrons. The monoisotopic (exact) mass is 290 g/mol. The molecule has 1 aliphatic carbocycles. The highest BCUT2D eigenvalue weighted by Crippen LogP contribution is 2.31. The van der Waals surface area contributed by atoms with Gasteiger partial charge in [-0.1, -0.05) is 6.08 Å². The Morgan fingerprint density at radius 2 is 1.90 bits per heavy atom. The van der Waals surface area contributed by atoms with E-state index in [0.29, 0.717) is 12.0 Å². The van der Waals surface area contributed by atoms with Crippen LogP contribution in [0.3, 0.4) is 0 Å². The molecule has 112 valence electrons. The molecule has 1 heterocycles. The summed E-state index contributed by atoms with van der Waals surface area (Å²) in [5.74, 6) is -1.09. The van der Waals surface area contributed by atoms with E-state index in [2.05, 4.69) is 0 Å². The van der Waals surface area contributed by atoms with Gasteiger partial charge in [-0.3, -0.25) is 0 Å². The minimum atomic E-state index is -0.555. The second-order valence-corrected chi connectivity index (χ2v) is 4.72. The maximum Gasteiger partial charge on any atom is 0.339 e. The van der Waals surface area contributed by atoms with Crippen molar-refractivity contribution >= 4 is 11.9 Å². The number of fused-ring (bicyclic) bond motifs is 1. The van der Waals surface area contributed by atoms with Crippen LogP contribution >= 0.6 is 0 Å². The zero-order valence-electron chi connectivity index (χ0n) is 12.2. The third-order valence-corrected chi connectivity index (χ3v) is 3.45. The Labute approximate surface area is 123 Å². The van der Waals surface area contributed by atoms with E-state index in [1.54, 1.807) is 18.4 Å². The maximum atomic E-state index is 12.2. The highest BCUT2D eigenvalue weighted by molar-refractivity contribution is 6.08. The van der Waals surface area contributed by atoms with Crippen molar-refractivity contribution in [3.05, 3.63) is 47.0 Å². The van der Waals surface area contributed by atoms with Crippen LogP contribution in [0.15, 0.2) is 47.0 Å². The number of rotatable bonds is 2. The van der Waals surface area contributed by atoms with Crippen LogP contribution in [0, 0.1) is 0 Å².